The van der Waals surface area contributed by atoms with E-state index in [9.17, 15) is 9.59 Å². The van der Waals surface area contributed by atoms with Gasteiger partial charge in [0, 0.05) is 22.7 Å². The summed E-state index contributed by atoms with van der Waals surface area (Å²) < 4.78 is 1.69. The Morgan fingerprint density at radius 2 is 1.97 bits per heavy atom. The highest BCUT2D eigenvalue weighted by Gasteiger charge is 2.49. The molecule has 0 saturated carbocycles. The van der Waals surface area contributed by atoms with Crippen molar-refractivity contribution in [2.75, 3.05) is 11.4 Å². The van der Waals surface area contributed by atoms with E-state index < -0.39 is 5.54 Å². The maximum absolute atomic E-state index is 13.7. The van der Waals surface area contributed by atoms with E-state index in [0.29, 0.717) is 28.9 Å². The summed E-state index contributed by atoms with van der Waals surface area (Å²) in [4.78, 5) is 28.8. The number of aromatic nitrogens is 2. The minimum absolute atomic E-state index is 0.186. The number of benzene rings is 1. The molecule has 0 unspecified atom stereocenters. The van der Waals surface area contributed by atoms with Crippen LogP contribution < -0.4 is 10.2 Å². The largest absolute Gasteiger partial charge is 0.354 e. The van der Waals surface area contributed by atoms with E-state index in [1.807, 2.05) is 32.0 Å². The number of amides is 2. The lowest BCUT2D eigenvalue weighted by atomic mass is 9.91. The molecule has 0 fully saturated rings. The average Bonchev–Trinajstić information content (AvgIpc) is 3.07. The fourth-order valence-corrected chi connectivity index (χ4v) is 4.09. The quantitative estimate of drug-likeness (QED) is 0.725. The Bertz CT molecular complexity index is 1010. The van der Waals surface area contributed by atoms with E-state index in [2.05, 4.69) is 39.9 Å². The van der Waals surface area contributed by atoms with Gasteiger partial charge in [0.05, 0.1) is 12.2 Å². The second-order valence-corrected chi connectivity index (χ2v) is 10.5. The van der Waals surface area contributed by atoms with Gasteiger partial charge in [0.2, 0.25) is 5.91 Å². The molecule has 7 heteroatoms. The molecule has 0 radical (unpaired) electrons. The number of carbonyl (C=O) groups excluding carboxylic acids is 2. The van der Waals surface area contributed by atoms with Crippen molar-refractivity contribution in [2.24, 2.45) is 5.92 Å². The maximum atomic E-state index is 13.7. The van der Waals surface area contributed by atoms with E-state index in [1.54, 1.807) is 15.6 Å². The minimum Gasteiger partial charge on any atom is -0.354 e. The summed E-state index contributed by atoms with van der Waals surface area (Å²) in [5.74, 6) is 0.0539. The molecule has 3 rings (SSSR count). The molecule has 0 saturated heterocycles. The zero-order chi connectivity index (χ0) is 23.1. The zero-order valence-corrected chi connectivity index (χ0v) is 20.3. The summed E-state index contributed by atoms with van der Waals surface area (Å²) >= 11 is 6.16. The number of hydrogen-bond acceptors (Lipinski definition) is 3. The molecular weight excluding hydrogens is 412 g/mol. The first-order valence-corrected chi connectivity index (χ1v) is 11.2. The Labute approximate surface area is 190 Å². The van der Waals surface area contributed by atoms with E-state index >= 15 is 0 Å². The predicted octanol–water partition coefficient (Wildman–Crippen LogP) is 4.72. The highest BCUT2D eigenvalue weighted by molar-refractivity contribution is 6.30. The molecule has 2 heterocycles. The summed E-state index contributed by atoms with van der Waals surface area (Å²) in [7, 11) is 0. The highest BCUT2D eigenvalue weighted by atomic mass is 35.5. The summed E-state index contributed by atoms with van der Waals surface area (Å²) in [6.07, 6.45) is 0.872. The van der Waals surface area contributed by atoms with E-state index in [1.165, 1.54) is 0 Å². The second-order valence-electron chi connectivity index (χ2n) is 10.1. The molecule has 31 heavy (non-hydrogen) atoms. The van der Waals surface area contributed by atoms with Crippen molar-refractivity contribution in [1.82, 2.24) is 15.1 Å². The van der Waals surface area contributed by atoms with E-state index in [-0.39, 0.29) is 23.8 Å². The molecule has 2 aromatic rings. The summed E-state index contributed by atoms with van der Waals surface area (Å²) in [5, 5.41) is 8.33. The third-order valence-corrected chi connectivity index (χ3v) is 6.05. The Morgan fingerprint density at radius 3 is 2.55 bits per heavy atom. The molecule has 1 aromatic carbocycles. The standard InChI is InChI=1S/C24H33ClN4O2/c1-15(2)10-11-26-22(31)24(7)14-28-19(13-20(27-28)23(4,5)6)21(30)29(24)18-9-8-17(25)12-16(18)3/h8-9,12-13,15H,10-11,14H2,1-7H3,(H,26,31)/t24-/m1/s1. The van der Waals surface area contributed by atoms with Gasteiger partial charge in [-0.05, 0) is 56.0 Å². The number of nitrogens with one attached hydrogen (secondary N) is 1. The summed E-state index contributed by atoms with van der Waals surface area (Å²) in [6, 6.07) is 7.22. The Kier molecular flexibility index (Phi) is 6.25. The van der Waals surface area contributed by atoms with Crippen LogP contribution in [-0.2, 0) is 16.8 Å². The fourth-order valence-electron chi connectivity index (χ4n) is 3.86. The number of hydrogen-bond donors (Lipinski definition) is 1. The monoisotopic (exact) mass is 444 g/mol. The molecule has 168 valence electrons. The van der Waals surface area contributed by atoms with Gasteiger partial charge in [-0.15, -0.1) is 0 Å². The van der Waals surface area contributed by atoms with Crippen LogP contribution >= 0.6 is 11.6 Å². The van der Waals surface area contributed by atoms with Gasteiger partial charge >= 0.3 is 0 Å². The fraction of sp³-hybridized carbons (Fsp3) is 0.542. The Balaban J connectivity index is 2.10. The molecule has 6 nitrogen and oxygen atoms in total. The van der Waals surface area contributed by atoms with E-state index in [0.717, 1.165) is 17.7 Å². The minimum atomic E-state index is -1.12. The molecule has 0 bridgehead atoms. The van der Waals surface area contributed by atoms with Gasteiger partial charge in [-0.25, -0.2) is 0 Å². The molecule has 1 aliphatic rings. The van der Waals surface area contributed by atoms with Gasteiger partial charge in [0.15, 0.2) is 0 Å². The Hall–Kier alpha value is -2.34. The van der Waals surface area contributed by atoms with Crippen LogP contribution in [-0.4, -0.2) is 33.7 Å². The summed E-state index contributed by atoms with van der Waals surface area (Å²) in [5.41, 5.74) is 1.51. The number of rotatable bonds is 5. The Morgan fingerprint density at radius 1 is 1.29 bits per heavy atom. The van der Waals surface area contributed by atoms with E-state index in [4.69, 9.17) is 16.7 Å². The number of carbonyl (C=O) groups is 2. The lowest BCUT2D eigenvalue weighted by molar-refractivity contribution is -0.126. The van der Waals surface area contributed by atoms with Crippen molar-refractivity contribution in [2.45, 2.75) is 72.4 Å². The van der Waals surface area contributed by atoms with Gasteiger partial charge in [-0.3, -0.25) is 19.2 Å². The third kappa shape index (κ3) is 4.49. The van der Waals surface area contributed by atoms with Crippen molar-refractivity contribution in [1.29, 1.82) is 0 Å². The molecule has 1 aliphatic heterocycles. The van der Waals surface area contributed by atoms with Crippen LogP contribution in [0.4, 0.5) is 5.69 Å². The number of nitrogens with zero attached hydrogens (tertiary/aromatic N) is 3. The van der Waals surface area contributed by atoms with Crippen LogP contribution in [0.1, 0.15) is 69.7 Å². The highest BCUT2D eigenvalue weighted by Crippen LogP contribution is 2.36. The maximum Gasteiger partial charge on any atom is 0.277 e. The third-order valence-electron chi connectivity index (χ3n) is 5.82. The number of aryl methyl sites for hydroxylation is 1. The van der Waals surface area contributed by atoms with Crippen LogP contribution in [0.15, 0.2) is 24.3 Å². The number of fused-ring (bicyclic) bond motifs is 1. The van der Waals surface area contributed by atoms with Gasteiger partial charge in [0.1, 0.15) is 11.2 Å². The molecule has 1 atom stereocenters. The lowest BCUT2D eigenvalue weighted by Gasteiger charge is -2.43. The van der Waals surface area contributed by atoms with Gasteiger partial charge in [0.25, 0.3) is 5.91 Å². The SMILES string of the molecule is Cc1cc(Cl)ccc1N1C(=O)c2cc(C(C)(C)C)nn2C[C@]1(C)C(=O)NCCC(C)C. The zero-order valence-electron chi connectivity index (χ0n) is 19.5. The van der Waals surface area contributed by atoms with Crippen molar-refractivity contribution in [3.05, 3.63) is 46.2 Å². The first kappa shape index (κ1) is 23.3. The van der Waals surface area contributed by atoms with Crippen molar-refractivity contribution >= 4 is 29.1 Å². The second kappa shape index (κ2) is 8.30. The smallest absolute Gasteiger partial charge is 0.277 e. The number of halogens is 1. The molecular formula is C24H33ClN4O2. The van der Waals surface area contributed by atoms with Gasteiger partial charge in [-0.1, -0.05) is 46.2 Å². The summed E-state index contributed by atoms with van der Waals surface area (Å²) in [6.45, 7) is 15.0. The normalized spacial score (nSPS) is 19.0. The predicted molar refractivity (Wildman–Crippen MR) is 125 cm³/mol. The van der Waals surface area contributed by atoms with Crippen LogP contribution in [0.25, 0.3) is 0 Å². The first-order valence-electron chi connectivity index (χ1n) is 10.8. The topological polar surface area (TPSA) is 67.2 Å². The van der Waals surface area contributed by atoms with Crippen molar-refractivity contribution < 1.29 is 9.59 Å². The van der Waals surface area contributed by atoms with Crippen LogP contribution in [0.2, 0.25) is 5.02 Å². The van der Waals surface area contributed by atoms with Crippen molar-refractivity contribution in [3.63, 3.8) is 0 Å². The molecule has 1 aromatic heterocycles. The average molecular weight is 445 g/mol. The molecule has 2 amide bonds. The molecule has 0 aliphatic carbocycles. The molecule has 1 N–H and O–H groups in total. The van der Waals surface area contributed by atoms with Crippen LogP contribution in [0.3, 0.4) is 0 Å². The van der Waals surface area contributed by atoms with Gasteiger partial charge in [-0.2, -0.15) is 5.10 Å². The van der Waals surface area contributed by atoms with Crippen LogP contribution in [0, 0.1) is 12.8 Å². The lowest BCUT2D eigenvalue weighted by Crippen LogP contribution is -2.64. The number of anilines is 1. The van der Waals surface area contributed by atoms with Crippen LogP contribution in [0.5, 0.6) is 0 Å². The van der Waals surface area contributed by atoms with Crippen molar-refractivity contribution in [3.8, 4) is 0 Å². The van der Waals surface area contributed by atoms with Gasteiger partial charge < -0.3 is 5.32 Å². The molecule has 0 spiro atoms. The first-order chi connectivity index (χ1) is 14.3.